The summed E-state index contributed by atoms with van der Waals surface area (Å²) in [5.74, 6) is 1.40. The summed E-state index contributed by atoms with van der Waals surface area (Å²) in [5.41, 5.74) is 5.14. The Kier molecular flexibility index (Phi) is 5.86. The zero-order chi connectivity index (χ0) is 13.5. The SMILES string of the molecule is CC.COc1c(-c2cscn2)cccc1C(C)C. The van der Waals surface area contributed by atoms with E-state index in [2.05, 4.69) is 37.0 Å². The van der Waals surface area contributed by atoms with Crippen molar-refractivity contribution in [3.63, 3.8) is 0 Å². The fourth-order valence-electron chi connectivity index (χ4n) is 1.78. The van der Waals surface area contributed by atoms with Crippen LogP contribution in [0, 0.1) is 0 Å². The average Bonchev–Trinajstić information content (AvgIpc) is 2.93. The van der Waals surface area contributed by atoms with E-state index in [1.165, 1.54) is 5.56 Å². The van der Waals surface area contributed by atoms with Crippen LogP contribution in [0.25, 0.3) is 11.3 Å². The van der Waals surface area contributed by atoms with Crippen molar-refractivity contribution in [2.75, 3.05) is 7.11 Å². The van der Waals surface area contributed by atoms with Gasteiger partial charge in [-0.25, -0.2) is 4.98 Å². The van der Waals surface area contributed by atoms with Crippen LogP contribution in [0.5, 0.6) is 5.75 Å². The lowest BCUT2D eigenvalue weighted by Crippen LogP contribution is -1.96. The summed E-state index contributed by atoms with van der Waals surface area (Å²) < 4.78 is 5.53. The molecular formula is C15H21NOS. The van der Waals surface area contributed by atoms with Crippen molar-refractivity contribution in [2.24, 2.45) is 0 Å². The van der Waals surface area contributed by atoms with Gasteiger partial charge in [0.15, 0.2) is 0 Å². The largest absolute Gasteiger partial charge is 0.496 e. The molecule has 1 heterocycles. The highest BCUT2D eigenvalue weighted by molar-refractivity contribution is 7.07. The number of rotatable bonds is 3. The number of hydrogen-bond donors (Lipinski definition) is 0. The van der Waals surface area contributed by atoms with E-state index in [0.29, 0.717) is 5.92 Å². The summed E-state index contributed by atoms with van der Waals surface area (Å²) in [6.45, 7) is 8.34. The number of ether oxygens (including phenoxy) is 1. The van der Waals surface area contributed by atoms with E-state index >= 15 is 0 Å². The molecule has 0 saturated heterocycles. The van der Waals surface area contributed by atoms with Gasteiger partial charge in [-0.3, -0.25) is 0 Å². The first-order chi connectivity index (χ1) is 8.74. The molecule has 0 saturated carbocycles. The van der Waals surface area contributed by atoms with Crippen molar-refractivity contribution in [3.8, 4) is 17.0 Å². The second-order valence-corrected chi connectivity index (χ2v) is 4.68. The van der Waals surface area contributed by atoms with Crippen LogP contribution in [0.2, 0.25) is 0 Å². The second-order valence-electron chi connectivity index (χ2n) is 3.96. The van der Waals surface area contributed by atoms with Crippen LogP contribution in [-0.2, 0) is 0 Å². The van der Waals surface area contributed by atoms with Gasteiger partial charge in [-0.2, -0.15) is 0 Å². The van der Waals surface area contributed by atoms with Gasteiger partial charge in [-0.15, -0.1) is 11.3 Å². The van der Waals surface area contributed by atoms with Crippen LogP contribution in [0.15, 0.2) is 29.1 Å². The van der Waals surface area contributed by atoms with Crippen molar-refractivity contribution in [3.05, 3.63) is 34.7 Å². The Morgan fingerprint density at radius 2 is 1.94 bits per heavy atom. The fraction of sp³-hybridized carbons (Fsp3) is 0.400. The zero-order valence-corrected chi connectivity index (χ0v) is 12.5. The molecule has 2 nitrogen and oxygen atoms in total. The van der Waals surface area contributed by atoms with Gasteiger partial charge in [-0.1, -0.05) is 39.8 Å². The lowest BCUT2D eigenvalue weighted by Gasteiger charge is -2.14. The molecule has 0 atom stereocenters. The Bertz CT molecular complexity index is 463. The minimum Gasteiger partial charge on any atom is -0.496 e. The molecule has 0 bridgehead atoms. The van der Waals surface area contributed by atoms with Crippen LogP contribution in [0.4, 0.5) is 0 Å². The maximum absolute atomic E-state index is 5.53. The van der Waals surface area contributed by atoms with E-state index in [1.54, 1.807) is 18.4 Å². The van der Waals surface area contributed by atoms with Crippen molar-refractivity contribution in [1.82, 2.24) is 4.98 Å². The molecule has 0 amide bonds. The lowest BCUT2D eigenvalue weighted by atomic mass is 9.98. The number of para-hydroxylation sites is 1. The number of nitrogens with zero attached hydrogens (tertiary/aromatic N) is 1. The Balaban J connectivity index is 0.000000771. The smallest absolute Gasteiger partial charge is 0.131 e. The van der Waals surface area contributed by atoms with E-state index in [9.17, 15) is 0 Å². The normalized spacial score (nSPS) is 9.89. The van der Waals surface area contributed by atoms with Gasteiger partial charge in [0, 0.05) is 10.9 Å². The maximum Gasteiger partial charge on any atom is 0.131 e. The monoisotopic (exact) mass is 263 g/mol. The number of benzene rings is 1. The first kappa shape index (κ1) is 14.7. The molecule has 0 radical (unpaired) electrons. The molecule has 0 aliphatic rings. The van der Waals surface area contributed by atoms with Gasteiger partial charge in [0.05, 0.1) is 18.3 Å². The Labute approximate surface area is 114 Å². The molecule has 1 aromatic heterocycles. The van der Waals surface area contributed by atoms with Crippen molar-refractivity contribution >= 4 is 11.3 Å². The summed E-state index contributed by atoms with van der Waals surface area (Å²) in [4.78, 5) is 4.33. The summed E-state index contributed by atoms with van der Waals surface area (Å²) >= 11 is 1.60. The number of methoxy groups -OCH3 is 1. The van der Waals surface area contributed by atoms with Crippen molar-refractivity contribution < 1.29 is 4.74 Å². The van der Waals surface area contributed by atoms with Gasteiger partial charge in [0.25, 0.3) is 0 Å². The third-order valence-corrected chi connectivity index (χ3v) is 3.17. The van der Waals surface area contributed by atoms with Crippen molar-refractivity contribution in [2.45, 2.75) is 33.6 Å². The third kappa shape index (κ3) is 3.10. The van der Waals surface area contributed by atoms with Gasteiger partial charge < -0.3 is 4.74 Å². The number of aromatic nitrogens is 1. The third-order valence-electron chi connectivity index (χ3n) is 2.58. The van der Waals surface area contributed by atoms with Gasteiger partial charge in [0.1, 0.15) is 5.75 Å². The first-order valence-corrected chi connectivity index (χ1v) is 7.23. The average molecular weight is 263 g/mol. The fourth-order valence-corrected chi connectivity index (χ4v) is 2.34. The Morgan fingerprint density at radius 1 is 1.22 bits per heavy atom. The molecule has 0 spiro atoms. The zero-order valence-electron chi connectivity index (χ0n) is 11.7. The quantitative estimate of drug-likeness (QED) is 0.780. The highest BCUT2D eigenvalue weighted by Gasteiger charge is 2.13. The van der Waals surface area contributed by atoms with E-state index in [0.717, 1.165) is 17.0 Å². The predicted octanol–water partition coefficient (Wildman–Crippen LogP) is 4.97. The van der Waals surface area contributed by atoms with Gasteiger partial charge in [-0.05, 0) is 17.5 Å². The molecular weight excluding hydrogens is 242 g/mol. The Hall–Kier alpha value is -1.35. The maximum atomic E-state index is 5.53. The molecule has 98 valence electrons. The van der Waals surface area contributed by atoms with Crippen LogP contribution in [-0.4, -0.2) is 12.1 Å². The van der Waals surface area contributed by atoms with E-state index < -0.39 is 0 Å². The van der Waals surface area contributed by atoms with Crippen LogP contribution in [0.1, 0.15) is 39.2 Å². The number of thiazole rings is 1. The Morgan fingerprint density at radius 3 is 2.44 bits per heavy atom. The minimum atomic E-state index is 0.452. The summed E-state index contributed by atoms with van der Waals surface area (Å²) in [6.07, 6.45) is 0. The second kappa shape index (κ2) is 7.17. The van der Waals surface area contributed by atoms with E-state index in [1.807, 2.05) is 24.7 Å². The molecule has 2 aromatic rings. The standard InChI is InChI=1S/C13H15NOS.C2H6/c1-9(2)10-5-4-6-11(13(10)15-3)12-7-16-8-14-12;1-2/h4-9H,1-3H3;1-2H3. The van der Waals surface area contributed by atoms with E-state index in [4.69, 9.17) is 4.74 Å². The molecule has 0 unspecified atom stereocenters. The predicted molar refractivity (Wildman–Crippen MR) is 79.5 cm³/mol. The molecule has 3 heteroatoms. The molecule has 1 aromatic carbocycles. The first-order valence-electron chi connectivity index (χ1n) is 6.29. The highest BCUT2D eigenvalue weighted by atomic mass is 32.1. The molecule has 18 heavy (non-hydrogen) atoms. The molecule has 0 aliphatic carbocycles. The van der Waals surface area contributed by atoms with Crippen molar-refractivity contribution in [1.29, 1.82) is 0 Å². The van der Waals surface area contributed by atoms with Gasteiger partial charge >= 0.3 is 0 Å². The summed E-state index contributed by atoms with van der Waals surface area (Å²) in [7, 11) is 1.72. The van der Waals surface area contributed by atoms with Crippen LogP contribution >= 0.6 is 11.3 Å². The lowest BCUT2D eigenvalue weighted by molar-refractivity contribution is 0.409. The van der Waals surface area contributed by atoms with Crippen LogP contribution in [0.3, 0.4) is 0 Å². The highest BCUT2D eigenvalue weighted by Crippen LogP contribution is 2.36. The topological polar surface area (TPSA) is 22.1 Å². The number of hydrogen-bond acceptors (Lipinski definition) is 3. The molecule has 0 aliphatic heterocycles. The van der Waals surface area contributed by atoms with Crippen LogP contribution < -0.4 is 4.74 Å². The molecule has 2 rings (SSSR count). The minimum absolute atomic E-state index is 0.452. The van der Waals surface area contributed by atoms with Gasteiger partial charge in [0.2, 0.25) is 0 Å². The summed E-state index contributed by atoms with van der Waals surface area (Å²) in [5, 5.41) is 2.04. The summed E-state index contributed by atoms with van der Waals surface area (Å²) in [6, 6.07) is 6.23. The van der Waals surface area contributed by atoms with E-state index in [-0.39, 0.29) is 0 Å². The molecule has 0 N–H and O–H groups in total. The molecule has 0 fully saturated rings.